The molecule has 0 radical (unpaired) electrons. The lowest BCUT2D eigenvalue weighted by Gasteiger charge is -2.45. The Morgan fingerprint density at radius 3 is 2.34 bits per heavy atom. The van der Waals surface area contributed by atoms with E-state index < -0.39 is 17.2 Å². The first-order valence-corrected chi connectivity index (χ1v) is 11.8. The summed E-state index contributed by atoms with van der Waals surface area (Å²) in [5.74, 6) is 0.309. The predicted octanol–water partition coefficient (Wildman–Crippen LogP) is 5.88. The predicted molar refractivity (Wildman–Crippen MR) is 126 cm³/mol. The van der Waals surface area contributed by atoms with E-state index >= 15 is 0 Å². The highest BCUT2D eigenvalue weighted by atomic mass is 16.6. The highest BCUT2D eigenvalue weighted by Crippen LogP contribution is 2.44. The molecule has 0 bridgehead atoms. The fraction of sp³-hybridized carbons (Fsp3) is 0.630. The SMILES string of the molecule is C[C@@H]1CC[C@@H](C(C)(C)c2ccccc2)[C@H](OC(=O)C2(C)C=CCN2C(=O)OC(C)(C)C)C1. The summed E-state index contributed by atoms with van der Waals surface area (Å²) in [4.78, 5) is 27.8. The summed E-state index contributed by atoms with van der Waals surface area (Å²) < 4.78 is 11.8. The van der Waals surface area contributed by atoms with Crippen LogP contribution in [0.2, 0.25) is 0 Å². The van der Waals surface area contributed by atoms with Crippen LogP contribution in [0, 0.1) is 11.8 Å². The third-order valence-corrected chi connectivity index (χ3v) is 7.08. The largest absolute Gasteiger partial charge is 0.460 e. The van der Waals surface area contributed by atoms with Crippen LogP contribution >= 0.6 is 0 Å². The van der Waals surface area contributed by atoms with Gasteiger partial charge in [-0.25, -0.2) is 9.59 Å². The normalized spacial score (nSPS) is 28.5. The Labute approximate surface area is 193 Å². The molecule has 1 fully saturated rings. The van der Waals surface area contributed by atoms with Gasteiger partial charge in [-0.2, -0.15) is 0 Å². The number of rotatable bonds is 4. The minimum atomic E-state index is -1.16. The molecular formula is C27H39NO4. The van der Waals surface area contributed by atoms with Gasteiger partial charge in [0.15, 0.2) is 5.54 Å². The summed E-state index contributed by atoms with van der Waals surface area (Å²) in [7, 11) is 0. The molecule has 1 aliphatic carbocycles. The number of ether oxygens (including phenoxy) is 2. The minimum absolute atomic E-state index is 0.135. The second-order valence-electron chi connectivity index (χ2n) is 11.2. The maximum absolute atomic E-state index is 13.5. The molecule has 5 heteroatoms. The molecule has 0 aromatic heterocycles. The Bertz CT molecular complexity index is 854. The lowest BCUT2D eigenvalue weighted by Crippen LogP contribution is -2.55. The minimum Gasteiger partial charge on any atom is -0.460 e. The monoisotopic (exact) mass is 441 g/mol. The van der Waals surface area contributed by atoms with Crippen molar-refractivity contribution in [2.75, 3.05) is 6.54 Å². The standard InChI is InChI=1S/C27H39NO4/c1-19-14-15-21(26(5,6)20-12-9-8-10-13-20)22(18-19)31-23(29)27(7)16-11-17-28(27)24(30)32-25(2,3)4/h8-13,16,19,21-22H,14-15,17-18H2,1-7H3/t19-,21-,22-,27?/m1/s1. The smallest absolute Gasteiger partial charge is 0.411 e. The van der Waals surface area contributed by atoms with Crippen LogP contribution in [-0.2, 0) is 19.7 Å². The van der Waals surface area contributed by atoms with Crippen LogP contribution in [-0.4, -0.2) is 40.8 Å². The second-order valence-corrected chi connectivity index (χ2v) is 11.2. The fourth-order valence-corrected chi connectivity index (χ4v) is 5.05. The van der Waals surface area contributed by atoms with Gasteiger partial charge in [-0.1, -0.05) is 69.7 Å². The van der Waals surface area contributed by atoms with Gasteiger partial charge < -0.3 is 9.47 Å². The average Bonchev–Trinajstić information content (AvgIpc) is 3.10. The van der Waals surface area contributed by atoms with E-state index in [4.69, 9.17) is 9.47 Å². The van der Waals surface area contributed by atoms with Crippen LogP contribution in [0.3, 0.4) is 0 Å². The van der Waals surface area contributed by atoms with Crippen molar-refractivity contribution >= 4 is 12.1 Å². The molecule has 1 amide bonds. The first kappa shape index (κ1) is 24.3. The first-order chi connectivity index (χ1) is 14.8. The Balaban J connectivity index is 1.82. The molecule has 2 aliphatic rings. The Hall–Kier alpha value is -2.30. The van der Waals surface area contributed by atoms with E-state index in [1.54, 1.807) is 13.0 Å². The molecule has 176 valence electrons. The van der Waals surface area contributed by atoms with Gasteiger partial charge in [0.25, 0.3) is 0 Å². The van der Waals surface area contributed by atoms with Crippen LogP contribution in [0.5, 0.6) is 0 Å². The van der Waals surface area contributed by atoms with Crippen molar-refractivity contribution in [3.63, 3.8) is 0 Å². The maximum Gasteiger partial charge on any atom is 0.411 e. The van der Waals surface area contributed by atoms with Crippen LogP contribution in [0.15, 0.2) is 42.5 Å². The third-order valence-electron chi connectivity index (χ3n) is 7.08. The Kier molecular flexibility index (Phi) is 6.78. The molecule has 0 saturated heterocycles. The Morgan fingerprint density at radius 1 is 1.06 bits per heavy atom. The second kappa shape index (κ2) is 8.92. The maximum atomic E-state index is 13.5. The van der Waals surface area contributed by atoms with Gasteiger partial charge in [0.1, 0.15) is 11.7 Å². The van der Waals surface area contributed by atoms with Crippen molar-refractivity contribution in [1.82, 2.24) is 4.90 Å². The van der Waals surface area contributed by atoms with Gasteiger partial charge in [-0.15, -0.1) is 0 Å². The van der Waals surface area contributed by atoms with Crippen LogP contribution in [0.25, 0.3) is 0 Å². The average molecular weight is 442 g/mol. The van der Waals surface area contributed by atoms with Gasteiger partial charge in [-0.3, -0.25) is 4.90 Å². The summed E-state index contributed by atoms with van der Waals surface area (Å²) >= 11 is 0. The van der Waals surface area contributed by atoms with Crippen molar-refractivity contribution in [1.29, 1.82) is 0 Å². The van der Waals surface area contributed by atoms with Crippen LogP contribution in [0.1, 0.15) is 73.3 Å². The van der Waals surface area contributed by atoms with Crippen molar-refractivity contribution in [3.8, 4) is 0 Å². The molecule has 0 spiro atoms. The van der Waals surface area contributed by atoms with E-state index in [1.165, 1.54) is 10.5 Å². The topological polar surface area (TPSA) is 55.8 Å². The molecule has 5 nitrogen and oxygen atoms in total. The van der Waals surface area contributed by atoms with E-state index in [-0.39, 0.29) is 23.4 Å². The number of carbonyl (C=O) groups excluding carboxylic acids is 2. The fourth-order valence-electron chi connectivity index (χ4n) is 5.05. The lowest BCUT2D eigenvalue weighted by molar-refractivity contribution is -0.166. The highest BCUT2D eigenvalue weighted by Gasteiger charge is 2.49. The van der Waals surface area contributed by atoms with Crippen molar-refractivity contribution in [2.24, 2.45) is 11.8 Å². The van der Waals surface area contributed by atoms with E-state index in [9.17, 15) is 9.59 Å². The molecule has 1 aliphatic heterocycles. The summed E-state index contributed by atoms with van der Waals surface area (Å²) in [6, 6.07) is 10.5. The number of carbonyl (C=O) groups is 2. The number of hydrogen-bond donors (Lipinski definition) is 0. The van der Waals surface area contributed by atoms with Gasteiger partial charge in [0, 0.05) is 12.5 Å². The van der Waals surface area contributed by atoms with Crippen LogP contribution < -0.4 is 0 Å². The highest BCUT2D eigenvalue weighted by molar-refractivity contribution is 5.89. The molecule has 32 heavy (non-hydrogen) atoms. The molecule has 1 aromatic carbocycles. The number of amides is 1. The molecule has 3 rings (SSSR count). The quantitative estimate of drug-likeness (QED) is 0.433. The number of esters is 1. The van der Waals surface area contributed by atoms with Crippen molar-refractivity contribution in [3.05, 3.63) is 48.0 Å². The van der Waals surface area contributed by atoms with E-state index in [2.05, 4.69) is 45.0 Å². The lowest BCUT2D eigenvalue weighted by atomic mass is 9.64. The molecule has 0 N–H and O–H groups in total. The number of hydrogen-bond acceptors (Lipinski definition) is 4. The molecule has 1 heterocycles. The van der Waals surface area contributed by atoms with Gasteiger partial charge in [0.2, 0.25) is 0 Å². The van der Waals surface area contributed by atoms with Crippen molar-refractivity contribution in [2.45, 2.75) is 90.4 Å². The van der Waals surface area contributed by atoms with E-state index in [0.717, 1.165) is 19.3 Å². The molecule has 4 atom stereocenters. The van der Waals surface area contributed by atoms with E-state index in [0.29, 0.717) is 12.5 Å². The van der Waals surface area contributed by atoms with Gasteiger partial charge >= 0.3 is 12.1 Å². The molecular weight excluding hydrogens is 402 g/mol. The molecule has 1 unspecified atom stereocenters. The summed E-state index contributed by atoms with van der Waals surface area (Å²) in [6.45, 7) is 14.3. The zero-order chi connectivity index (χ0) is 23.7. The molecule has 1 saturated carbocycles. The Morgan fingerprint density at radius 2 is 1.72 bits per heavy atom. The van der Waals surface area contributed by atoms with E-state index in [1.807, 2.05) is 32.9 Å². The zero-order valence-electron chi connectivity index (χ0n) is 20.7. The van der Waals surface area contributed by atoms with Gasteiger partial charge in [0.05, 0.1) is 0 Å². The summed E-state index contributed by atoms with van der Waals surface area (Å²) in [6.07, 6.45) is 5.86. The molecule has 1 aromatic rings. The number of benzene rings is 1. The third kappa shape index (κ3) is 5.02. The van der Waals surface area contributed by atoms with Gasteiger partial charge in [-0.05, 0) is 57.4 Å². The summed E-state index contributed by atoms with van der Waals surface area (Å²) in [5.41, 5.74) is -0.676. The zero-order valence-corrected chi connectivity index (χ0v) is 20.7. The summed E-state index contributed by atoms with van der Waals surface area (Å²) in [5, 5.41) is 0. The first-order valence-electron chi connectivity index (χ1n) is 11.8. The van der Waals surface area contributed by atoms with Crippen molar-refractivity contribution < 1.29 is 19.1 Å². The van der Waals surface area contributed by atoms with Crippen LogP contribution in [0.4, 0.5) is 4.79 Å². The number of nitrogens with zero attached hydrogens (tertiary/aromatic N) is 1.